The van der Waals surface area contributed by atoms with Gasteiger partial charge >= 0.3 is 0 Å². The minimum atomic E-state index is -3.98. The van der Waals surface area contributed by atoms with Crippen molar-refractivity contribution in [3.63, 3.8) is 0 Å². The van der Waals surface area contributed by atoms with Crippen LogP contribution >= 0.6 is 0 Å². The number of rotatable bonds is 4. The molecular formula is C18H17FN2O4S. The van der Waals surface area contributed by atoms with Gasteiger partial charge in [0.15, 0.2) is 5.78 Å². The average Bonchev–Trinajstić information content (AvgIpc) is 2.62. The van der Waals surface area contributed by atoms with Crippen molar-refractivity contribution in [2.24, 2.45) is 0 Å². The summed E-state index contributed by atoms with van der Waals surface area (Å²) in [4.78, 5) is 23.7. The molecular weight excluding hydrogens is 359 g/mol. The molecule has 1 N–H and O–H groups in total. The Labute approximate surface area is 150 Å². The van der Waals surface area contributed by atoms with E-state index in [1.165, 1.54) is 55.5 Å². The van der Waals surface area contributed by atoms with Crippen molar-refractivity contribution in [1.82, 2.24) is 9.62 Å². The number of amides is 1. The number of halogens is 1. The third kappa shape index (κ3) is 3.38. The van der Waals surface area contributed by atoms with Crippen molar-refractivity contribution >= 4 is 21.7 Å². The van der Waals surface area contributed by atoms with Crippen LogP contribution in [0.3, 0.4) is 0 Å². The van der Waals surface area contributed by atoms with Crippen molar-refractivity contribution < 1.29 is 22.4 Å². The summed E-state index contributed by atoms with van der Waals surface area (Å²) >= 11 is 0. The number of nitrogens with one attached hydrogen (secondary N) is 1. The van der Waals surface area contributed by atoms with Gasteiger partial charge in [-0.2, -0.15) is 4.31 Å². The molecule has 2 aromatic carbocycles. The number of benzene rings is 2. The van der Waals surface area contributed by atoms with Crippen molar-refractivity contribution in [2.75, 3.05) is 13.1 Å². The zero-order valence-electron chi connectivity index (χ0n) is 14.0. The number of sulfonamides is 1. The quantitative estimate of drug-likeness (QED) is 0.826. The second-order valence-corrected chi connectivity index (χ2v) is 7.83. The summed E-state index contributed by atoms with van der Waals surface area (Å²) in [6.45, 7) is 1.66. The molecule has 1 unspecified atom stereocenters. The number of carbonyl (C=O) groups is 2. The van der Waals surface area contributed by atoms with E-state index in [2.05, 4.69) is 5.32 Å². The standard InChI is InChI=1S/C18H17FN2O4S/c1-12(22)13-4-8-16(9-5-13)26(24,25)21-11-10-20-18(23)17(21)14-2-6-15(19)7-3-14/h2-9,17H,10-11H2,1H3,(H,20,23). The predicted molar refractivity (Wildman–Crippen MR) is 92.5 cm³/mol. The van der Waals surface area contributed by atoms with Crippen molar-refractivity contribution in [2.45, 2.75) is 17.9 Å². The van der Waals surface area contributed by atoms with E-state index in [9.17, 15) is 22.4 Å². The molecule has 3 rings (SSSR count). The van der Waals surface area contributed by atoms with Gasteiger partial charge in [0.25, 0.3) is 0 Å². The van der Waals surface area contributed by atoms with E-state index < -0.39 is 27.8 Å². The second kappa shape index (κ2) is 6.97. The van der Waals surface area contributed by atoms with Crippen LogP contribution in [-0.4, -0.2) is 37.5 Å². The molecule has 0 spiro atoms. The Morgan fingerprint density at radius 1 is 1.12 bits per heavy atom. The number of carbonyl (C=O) groups excluding carboxylic acids is 2. The van der Waals surface area contributed by atoms with E-state index in [0.717, 1.165) is 4.31 Å². The van der Waals surface area contributed by atoms with E-state index in [1.54, 1.807) is 0 Å². The minimum absolute atomic E-state index is 0.00990. The molecule has 136 valence electrons. The summed E-state index contributed by atoms with van der Waals surface area (Å²) in [5.74, 6) is -1.11. The molecule has 0 saturated carbocycles. The maximum absolute atomic E-state index is 13.2. The van der Waals surface area contributed by atoms with E-state index in [-0.39, 0.29) is 23.8 Å². The fourth-order valence-corrected chi connectivity index (χ4v) is 4.44. The molecule has 1 aliphatic rings. The van der Waals surface area contributed by atoms with Gasteiger partial charge in [-0.15, -0.1) is 0 Å². The Kier molecular flexibility index (Phi) is 4.88. The number of Topliss-reactive ketones (excluding diaryl/α,β-unsaturated/α-hetero) is 1. The lowest BCUT2D eigenvalue weighted by molar-refractivity contribution is -0.126. The number of hydrogen-bond acceptors (Lipinski definition) is 4. The van der Waals surface area contributed by atoms with Crippen LogP contribution in [0.1, 0.15) is 28.9 Å². The van der Waals surface area contributed by atoms with Crippen molar-refractivity contribution in [1.29, 1.82) is 0 Å². The lowest BCUT2D eigenvalue weighted by Crippen LogP contribution is -2.52. The first-order valence-electron chi connectivity index (χ1n) is 7.97. The Bertz CT molecular complexity index is 940. The maximum Gasteiger partial charge on any atom is 0.244 e. The summed E-state index contributed by atoms with van der Waals surface area (Å²) in [5, 5.41) is 2.64. The highest BCUT2D eigenvalue weighted by molar-refractivity contribution is 7.89. The fraction of sp³-hybridized carbons (Fsp3) is 0.222. The number of piperazine rings is 1. The third-order valence-electron chi connectivity index (χ3n) is 4.22. The molecule has 1 saturated heterocycles. The molecule has 2 aromatic rings. The zero-order chi connectivity index (χ0) is 18.9. The van der Waals surface area contributed by atoms with Crippen LogP contribution in [-0.2, 0) is 14.8 Å². The SMILES string of the molecule is CC(=O)c1ccc(S(=O)(=O)N2CCNC(=O)C2c2ccc(F)cc2)cc1. The first-order valence-corrected chi connectivity index (χ1v) is 9.41. The summed E-state index contributed by atoms with van der Waals surface area (Å²) in [6, 6.07) is 9.65. The molecule has 0 bridgehead atoms. The molecule has 1 heterocycles. The van der Waals surface area contributed by atoms with Gasteiger partial charge in [0.2, 0.25) is 15.9 Å². The molecule has 0 radical (unpaired) electrons. The smallest absolute Gasteiger partial charge is 0.244 e. The van der Waals surface area contributed by atoms with Crippen LogP contribution < -0.4 is 5.32 Å². The first-order chi connectivity index (χ1) is 12.3. The third-order valence-corrected chi connectivity index (χ3v) is 6.10. The van der Waals surface area contributed by atoms with E-state index in [4.69, 9.17) is 0 Å². The van der Waals surface area contributed by atoms with Crippen LogP contribution in [0.2, 0.25) is 0 Å². The van der Waals surface area contributed by atoms with Gasteiger partial charge in [-0.1, -0.05) is 24.3 Å². The van der Waals surface area contributed by atoms with Gasteiger partial charge < -0.3 is 5.32 Å². The fourth-order valence-electron chi connectivity index (χ4n) is 2.86. The number of nitrogens with zero attached hydrogens (tertiary/aromatic N) is 1. The van der Waals surface area contributed by atoms with Crippen molar-refractivity contribution in [3.05, 3.63) is 65.5 Å². The Morgan fingerprint density at radius 3 is 2.31 bits per heavy atom. The average molecular weight is 376 g/mol. The molecule has 1 atom stereocenters. The minimum Gasteiger partial charge on any atom is -0.353 e. The normalized spacial score (nSPS) is 18.4. The van der Waals surface area contributed by atoms with Crippen LogP contribution in [0.25, 0.3) is 0 Å². The highest BCUT2D eigenvalue weighted by Crippen LogP contribution is 2.30. The lowest BCUT2D eigenvalue weighted by atomic mass is 10.0. The van der Waals surface area contributed by atoms with E-state index in [0.29, 0.717) is 11.1 Å². The van der Waals surface area contributed by atoms with Crippen LogP contribution in [0.5, 0.6) is 0 Å². The summed E-state index contributed by atoms with van der Waals surface area (Å²) in [7, 11) is -3.98. The summed E-state index contributed by atoms with van der Waals surface area (Å²) in [5.41, 5.74) is 0.781. The van der Waals surface area contributed by atoms with Gasteiger partial charge in [0.05, 0.1) is 4.90 Å². The van der Waals surface area contributed by atoms with E-state index in [1.807, 2.05) is 0 Å². The van der Waals surface area contributed by atoms with Gasteiger partial charge in [0.1, 0.15) is 11.9 Å². The molecule has 0 aromatic heterocycles. The molecule has 1 amide bonds. The monoisotopic (exact) mass is 376 g/mol. The Morgan fingerprint density at radius 2 is 1.73 bits per heavy atom. The maximum atomic E-state index is 13.2. The predicted octanol–water partition coefficient (Wildman–Crippen LogP) is 1.89. The van der Waals surface area contributed by atoms with Crippen molar-refractivity contribution in [3.8, 4) is 0 Å². The van der Waals surface area contributed by atoms with Gasteiger partial charge in [-0.05, 0) is 36.8 Å². The number of hydrogen-bond donors (Lipinski definition) is 1. The van der Waals surface area contributed by atoms with E-state index >= 15 is 0 Å². The first kappa shape index (κ1) is 18.2. The molecule has 1 fully saturated rings. The Balaban J connectivity index is 2.01. The zero-order valence-corrected chi connectivity index (χ0v) is 14.8. The summed E-state index contributed by atoms with van der Waals surface area (Å²) in [6.07, 6.45) is 0. The van der Waals surface area contributed by atoms with Crippen LogP contribution in [0, 0.1) is 5.82 Å². The topological polar surface area (TPSA) is 83.6 Å². The molecule has 8 heteroatoms. The highest BCUT2D eigenvalue weighted by atomic mass is 32.2. The molecule has 26 heavy (non-hydrogen) atoms. The lowest BCUT2D eigenvalue weighted by Gasteiger charge is -2.34. The second-order valence-electron chi connectivity index (χ2n) is 5.94. The highest BCUT2D eigenvalue weighted by Gasteiger charge is 2.39. The van der Waals surface area contributed by atoms with Crippen LogP contribution in [0.4, 0.5) is 4.39 Å². The molecule has 6 nitrogen and oxygen atoms in total. The molecule has 0 aliphatic carbocycles. The van der Waals surface area contributed by atoms with Crippen LogP contribution in [0.15, 0.2) is 53.4 Å². The summed E-state index contributed by atoms with van der Waals surface area (Å²) < 4.78 is 40.4. The largest absolute Gasteiger partial charge is 0.353 e. The van der Waals surface area contributed by atoms with Gasteiger partial charge in [0, 0.05) is 18.7 Å². The number of ketones is 1. The Hall–Kier alpha value is -2.58. The van der Waals surface area contributed by atoms with Gasteiger partial charge in [-0.3, -0.25) is 9.59 Å². The van der Waals surface area contributed by atoms with Gasteiger partial charge in [-0.25, -0.2) is 12.8 Å². The molecule has 1 aliphatic heterocycles.